The van der Waals surface area contributed by atoms with E-state index in [1.807, 2.05) is 20.8 Å². The third-order valence-corrected chi connectivity index (χ3v) is 3.30. The molecule has 0 heterocycles. The largest absolute Gasteiger partial charge is 0.480 e. The van der Waals surface area contributed by atoms with Gasteiger partial charge in [0.05, 0.1) is 0 Å². The van der Waals surface area contributed by atoms with Crippen molar-refractivity contribution in [1.82, 2.24) is 10.6 Å². The molecule has 0 rings (SSSR count). The van der Waals surface area contributed by atoms with Gasteiger partial charge in [0, 0.05) is 19.8 Å². The van der Waals surface area contributed by atoms with E-state index in [1.165, 1.54) is 0 Å². The van der Waals surface area contributed by atoms with Crippen LogP contribution in [0, 0.1) is 5.92 Å². The monoisotopic (exact) mass is 274 g/mol. The van der Waals surface area contributed by atoms with Crippen molar-refractivity contribution in [3.8, 4) is 0 Å². The molecule has 0 aromatic carbocycles. The Morgan fingerprint density at radius 1 is 1.26 bits per heavy atom. The van der Waals surface area contributed by atoms with Gasteiger partial charge >= 0.3 is 12.0 Å². The van der Waals surface area contributed by atoms with Gasteiger partial charge in [0.1, 0.15) is 6.04 Å². The van der Waals surface area contributed by atoms with Gasteiger partial charge in [-0.25, -0.2) is 9.59 Å². The molecule has 0 saturated carbocycles. The van der Waals surface area contributed by atoms with Crippen molar-refractivity contribution in [3.63, 3.8) is 0 Å². The first-order chi connectivity index (χ1) is 8.92. The fourth-order valence-electron chi connectivity index (χ4n) is 1.59. The number of rotatable bonds is 9. The van der Waals surface area contributed by atoms with Crippen molar-refractivity contribution < 1.29 is 19.4 Å². The second-order valence-electron chi connectivity index (χ2n) is 4.82. The summed E-state index contributed by atoms with van der Waals surface area (Å²) in [6.45, 7) is 6.48. The number of carboxylic acids is 1. The molecule has 19 heavy (non-hydrogen) atoms. The van der Waals surface area contributed by atoms with Crippen LogP contribution in [0.25, 0.3) is 0 Å². The lowest BCUT2D eigenvalue weighted by Gasteiger charge is -2.22. The van der Waals surface area contributed by atoms with E-state index in [2.05, 4.69) is 10.6 Å². The smallest absolute Gasteiger partial charge is 0.326 e. The Balaban J connectivity index is 4.20. The number of amides is 2. The summed E-state index contributed by atoms with van der Waals surface area (Å²) in [5.74, 6) is -0.676. The minimum absolute atomic E-state index is 0.0124. The van der Waals surface area contributed by atoms with Gasteiger partial charge < -0.3 is 20.5 Å². The van der Waals surface area contributed by atoms with Gasteiger partial charge in [0.25, 0.3) is 0 Å². The van der Waals surface area contributed by atoms with Gasteiger partial charge in [-0.2, -0.15) is 0 Å². The van der Waals surface area contributed by atoms with Gasteiger partial charge in [-0.15, -0.1) is 0 Å². The molecule has 0 fully saturated rings. The molecular weight excluding hydrogens is 248 g/mol. The number of aliphatic carboxylic acids is 1. The van der Waals surface area contributed by atoms with E-state index in [4.69, 9.17) is 9.84 Å². The molecule has 0 aromatic heterocycles. The van der Waals surface area contributed by atoms with Gasteiger partial charge in [-0.3, -0.25) is 0 Å². The third kappa shape index (κ3) is 7.66. The number of carbonyl (C=O) groups is 2. The summed E-state index contributed by atoms with van der Waals surface area (Å²) in [6, 6.07) is -1.30. The zero-order valence-corrected chi connectivity index (χ0v) is 12.2. The molecule has 6 nitrogen and oxygen atoms in total. The van der Waals surface area contributed by atoms with Crippen LogP contribution in [0.2, 0.25) is 0 Å². The van der Waals surface area contributed by atoms with Crippen molar-refractivity contribution in [2.75, 3.05) is 13.7 Å². The van der Waals surface area contributed by atoms with E-state index in [-0.39, 0.29) is 6.04 Å². The highest BCUT2D eigenvalue weighted by molar-refractivity contribution is 5.82. The highest BCUT2D eigenvalue weighted by Crippen LogP contribution is 2.06. The molecule has 3 atom stereocenters. The lowest BCUT2D eigenvalue weighted by atomic mass is 10.0. The summed E-state index contributed by atoms with van der Waals surface area (Å²) in [4.78, 5) is 22.7. The van der Waals surface area contributed by atoms with Gasteiger partial charge in [0.15, 0.2) is 0 Å². The van der Waals surface area contributed by atoms with Gasteiger partial charge in [-0.05, 0) is 25.7 Å². The highest BCUT2D eigenvalue weighted by Gasteiger charge is 2.21. The van der Waals surface area contributed by atoms with Crippen LogP contribution in [0.1, 0.15) is 40.0 Å². The van der Waals surface area contributed by atoms with Crippen LogP contribution in [-0.2, 0) is 9.53 Å². The normalized spacial score (nSPS) is 15.4. The maximum absolute atomic E-state index is 11.7. The lowest BCUT2D eigenvalue weighted by Crippen LogP contribution is -2.49. The predicted octanol–water partition coefficient (Wildman–Crippen LogP) is 1.60. The second kappa shape index (κ2) is 9.61. The SMILES string of the molecule is CCC(C)C(C)NC(=O)NC(CCCOC)C(=O)O. The van der Waals surface area contributed by atoms with Crippen LogP contribution in [0.3, 0.4) is 0 Å². The first-order valence-corrected chi connectivity index (χ1v) is 6.71. The molecule has 2 amide bonds. The molecule has 0 radical (unpaired) electrons. The average Bonchev–Trinajstić information content (AvgIpc) is 2.36. The fourth-order valence-corrected chi connectivity index (χ4v) is 1.59. The summed E-state index contributed by atoms with van der Waals surface area (Å²) in [5.41, 5.74) is 0. The van der Waals surface area contributed by atoms with Crippen LogP contribution < -0.4 is 10.6 Å². The minimum Gasteiger partial charge on any atom is -0.480 e. The van der Waals surface area contributed by atoms with E-state index >= 15 is 0 Å². The van der Waals surface area contributed by atoms with Crippen molar-refractivity contribution in [1.29, 1.82) is 0 Å². The van der Waals surface area contributed by atoms with Crippen LogP contribution in [0.5, 0.6) is 0 Å². The molecule has 0 saturated heterocycles. The van der Waals surface area contributed by atoms with Crippen LogP contribution >= 0.6 is 0 Å². The zero-order valence-electron chi connectivity index (χ0n) is 12.2. The topological polar surface area (TPSA) is 87.7 Å². The Kier molecular flexibility index (Phi) is 8.95. The van der Waals surface area contributed by atoms with Crippen molar-refractivity contribution in [2.45, 2.75) is 52.1 Å². The Morgan fingerprint density at radius 3 is 2.37 bits per heavy atom. The molecule has 3 N–H and O–H groups in total. The summed E-state index contributed by atoms with van der Waals surface area (Å²) in [7, 11) is 1.56. The Hall–Kier alpha value is -1.30. The van der Waals surface area contributed by atoms with Crippen molar-refractivity contribution >= 4 is 12.0 Å². The molecule has 6 heteroatoms. The molecule has 0 bridgehead atoms. The third-order valence-electron chi connectivity index (χ3n) is 3.30. The molecule has 0 aliphatic rings. The maximum Gasteiger partial charge on any atom is 0.326 e. The average molecular weight is 274 g/mol. The molecular formula is C13H26N2O4. The number of ether oxygens (including phenoxy) is 1. The molecule has 0 spiro atoms. The van der Waals surface area contributed by atoms with Gasteiger partial charge in [-0.1, -0.05) is 20.3 Å². The van der Waals surface area contributed by atoms with E-state index in [0.717, 1.165) is 6.42 Å². The first-order valence-electron chi connectivity index (χ1n) is 6.71. The lowest BCUT2D eigenvalue weighted by molar-refractivity contribution is -0.139. The predicted molar refractivity (Wildman–Crippen MR) is 73.1 cm³/mol. The molecule has 0 aliphatic carbocycles. The number of urea groups is 1. The summed E-state index contributed by atoms with van der Waals surface area (Å²) in [6.07, 6.45) is 1.90. The van der Waals surface area contributed by atoms with E-state index in [1.54, 1.807) is 7.11 Å². The summed E-state index contributed by atoms with van der Waals surface area (Å²) >= 11 is 0. The quantitative estimate of drug-likeness (QED) is 0.557. The number of methoxy groups -OCH3 is 1. The fraction of sp³-hybridized carbons (Fsp3) is 0.846. The molecule has 112 valence electrons. The number of carbonyl (C=O) groups excluding carboxylic acids is 1. The molecule has 0 aliphatic heterocycles. The van der Waals surface area contributed by atoms with Crippen molar-refractivity contribution in [3.05, 3.63) is 0 Å². The summed E-state index contributed by atoms with van der Waals surface area (Å²) < 4.78 is 4.87. The standard InChI is InChI=1S/C13H26N2O4/c1-5-9(2)10(3)14-13(18)15-11(12(16)17)7-6-8-19-4/h9-11H,5-8H2,1-4H3,(H,16,17)(H2,14,15,18). The van der Waals surface area contributed by atoms with Crippen LogP contribution in [-0.4, -0.2) is 42.9 Å². The van der Waals surface area contributed by atoms with E-state index in [9.17, 15) is 9.59 Å². The summed E-state index contributed by atoms with van der Waals surface area (Å²) in [5, 5.41) is 14.3. The highest BCUT2D eigenvalue weighted by atomic mass is 16.5. The number of hydrogen-bond donors (Lipinski definition) is 3. The van der Waals surface area contributed by atoms with E-state index < -0.39 is 18.0 Å². The Bertz CT molecular complexity index is 284. The molecule has 3 unspecified atom stereocenters. The zero-order chi connectivity index (χ0) is 14.8. The minimum atomic E-state index is -1.03. The van der Waals surface area contributed by atoms with Crippen LogP contribution in [0.15, 0.2) is 0 Å². The second-order valence-corrected chi connectivity index (χ2v) is 4.82. The van der Waals surface area contributed by atoms with Crippen molar-refractivity contribution in [2.24, 2.45) is 5.92 Å². The number of carboxylic acid groups (broad SMARTS) is 1. The molecule has 0 aromatic rings. The number of hydrogen-bond acceptors (Lipinski definition) is 3. The number of nitrogens with one attached hydrogen (secondary N) is 2. The van der Waals surface area contributed by atoms with Gasteiger partial charge in [0.2, 0.25) is 0 Å². The Labute approximate surface area is 114 Å². The van der Waals surface area contributed by atoms with Crippen LogP contribution in [0.4, 0.5) is 4.79 Å². The first kappa shape index (κ1) is 17.7. The van der Waals surface area contributed by atoms with E-state index in [0.29, 0.717) is 25.4 Å². The maximum atomic E-state index is 11.7. The Morgan fingerprint density at radius 2 is 1.89 bits per heavy atom.